The molecule has 3 nitrogen and oxygen atoms in total. The maximum Gasteiger partial charge on any atom is 0.114 e. The summed E-state index contributed by atoms with van der Waals surface area (Å²) in [6.07, 6.45) is 3.42. The highest BCUT2D eigenvalue weighted by atomic mass is 15.1. The molecule has 3 aromatic rings. The molecule has 4 rings (SSSR count). The van der Waals surface area contributed by atoms with Crippen LogP contribution in [0.15, 0.2) is 48.5 Å². The second-order valence-electron chi connectivity index (χ2n) is 6.99. The molecular formula is C21H25N3. The van der Waals surface area contributed by atoms with Gasteiger partial charge in [0.1, 0.15) is 5.82 Å². The molecule has 0 bridgehead atoms. The Hall–Kier alpha value is -2.13. The Morgan fingerprint density at radius 2 is 1.88 bits per heavy atom. The number of imidazole rings is 1. The van der Waals surface area contributed by atoms with E-state index in [4.69, 9.17) is 4.98 Å². The molecule has 1 aliphatic heterocycles. The van der Waals surface area contributed by atoms with E-state index in [2.05, 4.69) is 65.3 Å². The Balaban J connectivity index is 1.71. The van der Waals surface area contributed by atoms with Crippen molar-refractivity contribution in [2.24, 2.45) is 5.92 Å². The smallest absolute Gasteiger partial charge is 0.114 e. The van der Waals surface area contributed by atoms with Crippen LogP contribution in [0.2, 0.25) is 0 Å². The number of hydrogen-bond acceptors (Lipinski definition) is 2. The summed E-state index contributed by atoms with van der Waals surface area (Å²) in [5.74, 6) is 1.94. The average Bonchev–Trinajstić information content (AvgIpc) is 2.93. The van der Waals surface area contributed by atoms with Crippen molar-refractivity contribution in [3.8, 4) is 0 Å². The van der Waals surface area contributed by atoms with Gasteiger partial charge in [0.15, 0.2) is 0 Å². The third-order valence-electron chi connectivity index (χ3n) is 5.09. The van der Waals surface area contributed by atoms with Crippen molar-refractivity contribution < 1.29 is 0 Å². The van der Waals surface area contributed by atoms with Gasteiger partial charge in [-0.1, -0.05) is 36.4 Å². The molecule has 0 atom stereocenters. The van der Waals surface area contributed by atoms with Gasteiger partial charge in [-0.25, -0.2) is 4.98 Å². The molecule has 0 amide bonds. The van der Waals surface area contributed by atoms with E-state index in [1.807, 2.05) is 0 Å². The normalized spacial score (nSPS) is 15.9. The minimum atomic E-state index is 0.750. The summed E-state index contributed by atoms with van der Waals surface area (Å²) >= 11 is 0. The van der Waals surface area contributed by atoms with Gasteiger partial charge in [-0.15, -0.1) is 0 Å². The first-order valence-electron chi connectivity index (χ1n) is 9.00. The van der Waals surface area contributed by atoms with Crippen LogP contribution in [-0.4, -0.2) is 22.6 Å². The molecule has 1 N–H and O–H groups in total. The lowest BCUT2D eigenvalue weighted by molar-refractivity contribution is 0.333. The monoisotopic (exact) mass is 319 g/mol. The molecule has 2 heterocycles. The minimum absolute atomic E-state index is 0.750. The lowest BCUT2D eigenvalue weighted by atomic mass is 9.98. The van der Waals surface area contributed by atoms with E-state index in [9.17, 15) is 0 Å². The molecular weight excluding hydrogens is 294 g/mol. The third-order valence-corrected chi connectivity index (χ3v) is 5.09. The van der Waals surface area contributed by atoms with E-state index in [1.165, 1.54) is 35.3 Å². The topological polar surface area (TPSA) is 29.9 Å². The first-order valence-corrected chi connectivity index (χ1v) is 9.00. The van der Waals surface area contributed by atoms with Crippen molar-refractivity contribution in [1.29, 1.82) is 0 Å². The van der Waals surface area contributed by atoms with E-state index in [-0.39, 0.29) is 0 Å². The SMILES string of the molecule is Cc1ccc2c(c1)nc(Cc1ccccc1)n2CC1CCNCC1. The van der Waals surface area contributed by atoms with Crippen molar-refractivity contribution in [3.63, 3.8) is 0 Å². The van der Waals surface area contributed by atoms with Gasteiger partial charge in [-0.3, -0.25) is 0 Å². The number of nitrogens with zero attached hydrogens (tertiary/aromatic N) is 2. The van der Waals surface area contributed by atoms with E-state index in [1.54, 1.807) is 0 Å². The average molecular weight is 319 g/mol. The van der Waals surface area contributed by atoms with Crippen molar-refractivity contribution in [2.45, 2.75) is 32.7 Å². The summed E-state index contributed by atoms with van der Waals surface area (Å²) in [5, 5.41) is 3.47. The number of aryl methyl sites for hydroxylation is 1. The van der Waals surface area contributed by atoms with Crippen LogP contribution in [0.25, 0.3) is 11.0 Å². The zero-order valence-electron chi connectivity index (χ0n) is 14.3. The van der Waals surface area contributed by atoms with Gasteiger partial charge in [0.05, 0.1) is 11.0 Å². The van der Waals surface area contributed by atoms with Gasteiger partial charge in [-0.05, 0) is 62.0 Å². The fourth-order valence-electron chi connectivity index (χ4n) is 3.73. The lowest BCUT2D eigenvalue weighted by Gasteiger charge is -2.24. The van der Waals surface area contributed by atoms with Gasteiger partial charge in [0, 0.05) is 13.0 Å². The zero-order valence-corrected chi connectivity index (χ0v) is 14.3. The summed E-state index contributed by atoms with van der Waals surface area (Å²) in [5.41, 5.74) is 5.02. The van der Waals surface area contributed by atoms with Crippen molar-refractivity contribution in [2.75, 3.05) is 13.1 Å². The standard InChI is InChI=1S/C21H25N3/c1-16-7-8-20-19(13-16)23-21(14-17-5-3-2-4-6-17)24(20)15-18-9-11-22-12-10-18/h2-8,13,18,22H,9-12,14-15H2,1H3. The summed E-state index contributed by atoms with van der Waals surface area (Å²) in [7, 11) is 0. The maximum absolute atomic E-state index is 4.98. The van der Waals surface area contributed by atoms with Crippen molar-refractivity contribution >= 4 is 11.0 Å². The van der Waals surface area contributed by atoms with Crippen LogP contribution in [0.4, 0.5) is 0 Å². The first-order chi connectivity index (χ1) is 11.8. The Bertz CT molecular complexity index is 814. The fourth-order valence-corrected chi connectivity index (χ4v) is 3.73. The quantitative estimate of drug-likeness (QED) is 0.789. The Morgan fingerprint density at radius 1 is 1.08 bits per heavy atom. The van der Waals surface area contributed by atoms with Crippen molar-refractivity contribution in [1.82, 2.24) is 14.9 Å². The predicted octanol–water partition coefficient (Wildman–Crippen LogP) is 3.94. The Labute approximate surface area is 143 Å². The van der Waals surface area contributed by atoms with Crippen LogP contribution in [0.3, 0.4) is 0 Å². The Morgan fingerprint density at radius 3 is 2.67 bits per heavy atom. The van der Waals surface area contributed by atoms with Crippen LogP contribution in [0, 0.1) is 12.8 Å². The highest BCUT2D eigenvalue weighted by Crippen LogP contribution is 2.24. The van der Waals surface area contributed by atoms with E-state index < -0.39 is 0 Å². The fraction of sp³-hybridized carbons (Fsp3) is 0.381. The molecule has 0 radical (unpaired) electrons. The van der Waals surface area contributed by atoms with Crippen LogP contribution in [-0.2, 0) is 13.0 Å². The predicted molar refractivity (Wildman–Crippen MR) is 99.3 cm³/mol. The lowest BCUT2D eigenvalue weighted by Crippen LogP contribution is -2.30. The number of benzene rings is 2. The van der Waals surface area contributed by atoms with E-state index in [0.29, 0.717) is 0 Å². The van der Waals surface area contributed by atoms with E-state index >= 15 is 0 Å². The minimum Gasteiger partial charge on any atom is -0.327 e. The third kappa shape index (κ3) is 3.22. The molecule has 0 spiro atoms. The van der Waals surface area contributed by atoms with Gasteiger partial charge in [0.25, 0.3) is 0 Å². The molecule has 0 saturated carbocycles. The molecule has 1 fully saturated rings. The van der Waals surface area contributed by atoms with Gasteiger partial charge >= 0.3 is 0 Å². The number of rotatable bonds is 4. The highest BCUT2D eigenvalue weighted by Gasteiger charge is 2.18. The summed E-state index contributed by atoms with van der Waals surface area (Å²) < 4.78 is 2.47. The maximum atomic E-state index is 4.98. The summed E-state index contributed by atoms with van der Waals surface area (Å²) in [6, 6.07) is 17.3. The largest absolute Gasteiger partial charge is 0.327 e. The molecule has 0 unspecified atom stereocenters. The molecule has 3 heteroatoms. The second-order valence-corrected chi connectivity index (χ2v) is 6.99. The van der Waals surface area contributed by atoms with Gasteiger partial charge in [0.2, 0.25) is 0 Å². The first kappa shape index (κ1) is 15.4. The number of fused-ring (bicyclic) bond motifs is 1. The second kappa shape index (κ2) is 6.78. The molecule has 1 saturated heterocycles. The molecule has 1 aliphatic rings. The molecule has 2 aromatic carbocycles. The molecule has 0 aliphatic carbocycles. The van der Waals surface area contributed by atoms with Crippen LogP contribution < -0.4 is 5.32 Å². The molecule has 24 heavy (non-hydrogen) atoms. The van der Waals surface area contributed by atoms with Gasteiger partial charge in [-0.2, -0.15) is 0 Å². The summed E-state index contributed by atoms with van der Waals surface area (Å²) in [4.78, 5) is 4.98. The Kier molecular flexibility index (Phi) is 4.35. The van der Waals surface area contributed by atoms with Crippen LogP contribution in [0.1, 0.15) is 29.8 Å². The number of aromatic nitrogens is 2. The zero-order chi connectivity index (χ0) is 16.4. The highest BCUT2D eigenvalue weighted by molar-refractivity contribution is 5.77. The molecule has 124 valence electrons. The summed E-state index contributed by atoms with van der Waals surface area (Å²) in [6.45, 7) is 5.51. The number of piperidine rings is 1. The van der Waals surface area contributed by atoms with Crippen molar-refractivity contribution in [3.05, 3.63) is 65.5 Å². The van der Waals surface area contributed by atoms with Crippen LogP contribution in [0.5, 0.6) is 0 Å². The number of hydrogen-bond donors (Lipinski definition) is 1. The molecule has 1 aromatic heterocycles. The van der Waals surface area contributed by atoms with Crippen LogP contribution >= 0.6 is 0 Å². The van der Waals surface area contributed by atoms with E-state index in [0.717, 1.165) is 37.5 Å². The number of nitrogens with one attached hydrogen (secondary N) is 1. The van der Waals surface area contributed by atoms with Gasteiger partial charge < -0.3 is 9.88 Å².